The molecule has 0 saturated heterocycles. The highest BCUT2D eigenvalue weighted by Gasteiger charge is 2.14. The molecular formula is C16H26ClN3O. The summed E-state index contributed by atoms with van der Waals surface area (Å²) in [6, 6.07) is 5.53. The summed E-state index contributed by atoms with van der Waals surface area (Å²) in [4.78, 5) is 14.0. The number of anilines is 2. The zero-order chi connectivity index (χ0) is 16.0. The Bertz CT molecular complexity index is 475. The molecule has 118 valence electrons. The van der Waals surface area contributed by atoms with Crippen LogP contribution in [0.25, 0.3) is 0 Å². The molecule has 0 radical (unpaired) electrons. The van der Waals surface area contributed by atoms with Crippen molar-refractivity contribution >= 4 is 28.9 Å². The summed E-state index contributed by atoms with van der Waals surface area (Å²) in [7, 11) is 3.86. The van der Waals surface area contributed by atoms with Gasteiger partial charge in [0.25, 0.3) is 0 Å². The molecule has 0 bridgehead atoms. The molecule has 21 heavy (non-hydrogen) atoms. The summed E-state index contributed by atoms with van der Waals surface area (Å²) in [5.41, 5.74) is 7.38. The lowest BCUT2D eigenvalue weighted by Gasteiger charge is -2.18. The number of rotatable bonds is 7. The molecular weight excluding hydrogens is 286 g/mol. The normalized spacial score (nSPS) is 12.3. The summed E-state index contributed by atoms with van der Waals surface area (Å²) < 4.78 is 0. The number of nitrogens with one attached hydrogen (secondary N) is 1. The van der Waals surface area contributed by atoms with Gasteiger partial charge < -0.3 is 16.0 Å². The predicted molar refractivity (Wildman–Crippen MR) is 91.0 cm³/mol. The van der Waals surface area contributed by atoms with Gasteiger partial charge in [-0.1, -0.05) is 25.4 Å². The molecule has 1 aromatic rings. The van der Waals surface area contributed by atoms with Gasteiger partial charge in [-0.25, -0.2) is 0 Å². The maximum Gasteiger partial charge on any atom is 0.224 e. The molecule has 1 unspecified atom stereocenters. The number of carbonyl (C=O) groups is 1. The quantitative estimate of drug-likeness (QED) is 0.812. The van der Waals surface area contributed by atoms with Gasteiger partial charge in [-0.05, 0) is 43.0 Å². The van der Waals surface area contributed by atoms with Crippen molar-refractivity contribution in [3.05, 3.63) is 23.2 Å². The van der Waals surface area contributed by atoms with Gasteiger partial charge in [0.1, 0.15) is 0 Å². The number of benzene rings is 1. The van der Waals surface area contributed by atoms with Crippen molar-refractivity contribution in [1.82, 2.24) is 0 Å². The molecule has 0 heterocycles. The fraction of sp³-hybridized carbons (Fsp3) is 0.562. The zero-order valence-corrected chi connectivity index (χ0v) is 14.1. The summed E-state index contributed by atoms with van der Waals surface area (Å²) in [5.74, 6) is 0.751. The maximum atomic E-state index is 12.1. The second kappa shape index (κ2) is 8.25. The number of halogens is 1. The molecule has 4 nitrogen and oxygen atoms in total. The highest BCUT2D eigenvalue weighted by atomic mass is 35.5. The number of carbonyl (C=O) groups excluding carboxylic acids is 1. The van der Waals surface area contributed by atoms with Crippen LogP contribution in [0.5, 0.6) is 0 Å². The first-order chi connectivity index (χ1) is 9.83. The lowest BCUT2D eigenvalue weighted by Crippen LogP contribution is -2.23. The van der Waals surface area contributed by atoms with Gasteiger partial charge in [0, 0.05) is 26.2 Å². The first kappa shape index (κ1) is 17.8. The minimum Gasteiger partial charge on any atom is -0.376 e. The molecule has 0 aliphatic heterocycles. The van der Waals surface area contributed by atoms with E-state index >= 15 is 0 Å². The van der Waals surface area contributed by atoms with Crippen molar-refractivity contribution in [3.8, 4) is 0 Å². The summed E-state index contributed by atoms with van der Waals surface area (Å²) in [5, 5.41) is 3.51. The van der Waals surface area contributed by atoms with Crippen LogP contribution in [0.4, 0.5) is 11.4 Å². The van der Waals surface area contributed by atoms with E-state index in [1.807, 2.05) is 31.1 Å². The number of nitrogens with zero attached hydrogens (tertiary/aromatic N) is 1. The molecule has 0 spiro atoms. The monoisotopic (exact) mass is 311 g/mol. The number of amides is 1. The number of nitrogens with two attached hydrogens (primary N) is 1. The van der Waals surface area contributed by atoms with E-state index < -0.39 is 0 Å². The predicted octanol–water partition coefficient (Wildman–Crippen LogP) is 3.36. The molecule has 1 aromatic carbocycles. The van der Waals surface area contributed by atoms with Crippen molar-refractivity contribution in [1.29, 1.82) is 0 Å². The van der Waals surface area contributed by atoms with E-state index in [1.165, 1.54) is 0 Å². The van der Waals surface area contributed by atoms with E-state index in [4.69, 9.17) is 17.3 Å². The third-order valence-corrected chi connectivity index (χ3v) is 3.63. The minimum absolute atomic E-state index is 0.0141. The van der Waals surface area contributed by atoms with Crippen molar-refractivity contribution < 1.29 is 4.79 Å². The van der Waals surface area contributed by atoms with Crippen LogP contribution in [0.1, 0.15) is 26.7 Å². The topological polar surface area (TPSA) is 58.4 Å². The van der Waals surface area contributed by atoms with Crippen LogP contribution in [0, 0.1) is 11.8 Å². The molecule has 1 amide bonds. The van der Waals surface area contributed by atoms with E-state index in [-0.39, 0.29) is 11.8 Å². The van der Waals surface area contributed by atoms with Crippen LogP contribution in [-0.4, -0.2) is 26.5 Å². The average Bonchev–Trinajstić information content (AvgIpc) is 2.36. The third-order valence-electron chi connectivity index (χ3n) is 3.33. The van der Waals surface area contributed by atoms with Gasteiger partial charge in [0.15, 0.2) is 0 Å². The highest BCUT2D eigenvalue weighted by Crippen LogP contribution is 2.27. The van der Waals surface area contributed by atoms with E-state index in [0.717, 1.165) is 17.8 Å². The number of hydrogen-bond donors (Lipinski definition) is 2. The first-order valence-corrected chi connectivity index (χ1v) is 7.68. The smallest absolute Gasteiger partial charge is 0.224 e. The van der Waals surface area contributed by atoms with E-state index in [9.17, 15) is 4.79 Å². The van der Waals surface area contributed by atoms with Gasteiger partial charge in [-0.3, -0.25) is 4.79 Å². The third kappa shape index (κ3) is 5.94. The van der Waals surface area contributed by atoms with Crippen molar-refractivity contribution in [3.63, 3.8) is 0 Å². The van der Waals surface area contributed by atoms with Crippen LogP contribution in [0.3, 0.4) is 0 Å². The maximum absolute atomic E-state index is 12.1. The second-order valence-corrected chi connectivity index (χ2v) is 6.45. The Morgan fingerprint density at radius 3 is 2.52 bits per heavy atom. The lowest BCUT2D eigenvalue weighted by atomic mass is 9.94. The molecule has 3 N–H and O–H groups in total. The van der Waals surface area contributed by atoms with Crippen LogP contribution in [0.15, 0.2) is 18.2 Å². The van der Waals surface area contributed by atoms with E-state index in [2.05, 4.69) is 19.2 Å². The van der Waals surface area contributed by atoms with Crippen LogP contribution in [0.2, 0.25) is 5.02 Å². The fourth-order valence-electron chi connectivity index (χ4n) is 2.35. The molecule has 1 rings (SSSR count). The fourth-order valence-corrected chi connectivity index (χ4v) is 2.70. The molecule has 0 aromatic heterocycles. The molecule has 0 saturated carbocycles. The largest absolute Gasteiger partial charge is 0.376 e. The number of hydrogen-bond acceptors (Lipinski definition) is 3. The molecule has 0 aliphatic carbocycles. The van der Waals surface area contributed by atoms with Gasteiger partial charge in [-0.15, -0.1) is 0 Å². The molecule has 1 atom stereocenters. The van der Waals surface area contributed by atoms with Crippen LogP contribution in [-0.2, 0) is 4.79 Å². The Hall–Kier alpha value is -1.26. The summed E-state index contributed by atoms with van der Waals surface area (Å²) >= 11 is 6.20. The second-order valence-electron chi connectivity index (χ2n) is 6.04. The Morgan fingerprint density at radius 2 is 2.05 bits per heavy atom. The van der Waals surface area contributed by atoms with Gasteiger partial charge >= 0.3 is 0 Å². The average molecular weight is 312 g/mol. The highest BCUT2D eigenvalue weighted by molar-refractivity contribution is 6.33. The summed E-state index contributed by atoms with van der Waals surface area (Å²) in [6.07, 6.45) is 1.41. The van der Waals surface area contributed by atoms with E-state index in [0.29, 0.717) is 23.9 Å². The van der Waals surface area contributed by atoms with Gasteiger partial charge in [0.2, 0.25) is 5.91 Å². The van der Waals surface area contributed by atoms with Crippen molar-refractivity contribution in [2.45, 2.75) is 26.7 Å². The lowest BCUT2D eigenvalue weighted by molar-refractivity contribution is -0.117. The molecule has 0 aliphatic rings. The Labute approximate surface area is 132 Å². The van der Waals surface area contributed by atoms with Crippen molar-refractivity contribution in [2.75, 3.05) is 30.9 Å². The Balaban J connectivity index is 2.64. The summed E-state index contributed by atoms with van der Waals surface area (Å²) in [6.45, 7) is 4.81. The van der Waals surface area contributed by atoms with Gasteiger partial charge in [0.05, 0.1) is 10.7 Å². The van der Waals surface area contributed by atoms with Crippen molar-refractivity contribution in [2.24, 2.45) is 17.6 Å². The first-order valence-electron chi connectivity index (χ1n) is 7.30. The minimum atomic E-state index is -0.0141. The van der Waals surface area contributed by atoms with Gasteiger partial charge in [-0.2, -0.15) is 0 Å². The van der Waals surface area contributed by atoms with Crippen LogP contribution < -0.4 is 16.0 Å². The van der Waals surface area contributed by atoms with Crippen LogP contribution >= 0.6 is 11.6 Å². The zero-order valence-electron chi connectivity index (χ0n) is 13.3. The SMILES string of the molecule is CC(C)CC(CN)CC(=O)Nc1ccc(N(C)C)c(Cl)c1. The Kier molecular flexibility index (Phi) is 6.99. The Morgan fingerprint density at radius 1 is 1.38 bits per heavy atom. The van der Waals surface area contributed by atoms with E-state index in [1.54, 1.807) is 6.07 Å². The molecule has 5 heteroatoms. The standard InChI is InChI=1S/C16H26ClN3O/c1-11(2)7-12(10-18)8-16(21)19-13-5-6-15(20(3)4)14(17)9-13/h5-6,9,11-12H,7-8,10,18H2,1-4H3,(H,19,21). The molecule has 0 fully saturated rings.